The van der Waals surface area contributed by atoms with Gasteiger partial charge in [0.15, 0.2) is 0 Å². The van der Waals surface area contributed by atoms with Crippen molar-refractivity contribution in [3.05, 3.63) is 40.0 Å². The van der Waals surface area contributed by atoms with Gasteiger partial charge in [0.05, 0.1) is 30.4 Å². The van der Waals surface area contributed by atoms with Gasteiger partial charge in [-0.25, -0.2) is 4.98 Å². The van der Waals surface area contributed by atoms with Crippen LogP contribution in [0.1, 0.15) is 19.7 Å². The number of hydrogen-bond donors (Lipinski definition) is 1. The van der Waals surface area contributed by atoms with Crippen molar-refractivity contribution in [1.29, 1.82) is 0 Å². The fraction of sp³-hybridized carbons (Fsp3) is 0.412. The average Bonchev–Trinajstić information content (AvgIpc) is 3.14. The summed E-state index contributed by atoms with van der Waals surface area (Å²) >= 11 is 1.47. The van der Waals surface area contributed by atoms with Gasteiger partial charge in [-0.3, -0.25) is 9.69 Å². The molecule has 2 unspecified atom stereocenters. The Labute approximate surface area is 143 Å². The highest BCUT2D eigenvalue weighted by molar-refractivity contribution is 7.17. The average molecular weight is 345 g/mol. The van der Waals surface area contributed by atoms with Crippen molar-refractivity contribution in [3.8, 4) is 11.3 Å². The van der Waals surface area contributed by atoms with Crippen molar-refractivity contribution >= 4 is 21.6 Å². The second-order valence-electron chi connectivity index (χ2n) is 6.27. The number of fused-ring (bicyclic) bond motifs is 1. The van der Waals surface area contributed by atoms with E-state index in [0.717, 1.165) is 23.5 Å². The fourth-order valence-corrected chi connectivity index (χ4v) is 4.25. The molecule has 0 aliphatic carbocycles. The molecule has 3 aromatic rings. The number of nitrogens with one attached hydrogen (secondary N) is 1. The molecule has 24 heavy (non-hydrogen) atoms. The van der Waals surface area contributed by atoms with Crippen LogP contribution in [0, 0.1) is 0 Å². The Kier molecular flexibility index (Phi) is 3.99. The first kappa shape index (κ1) is 15.6. The lowest BCUT2D eigenvalue weighted by molar-refractivity contribution is -0.0710. The molecule has 126 valence electrons. The molecule has 0 radical (unpaired) electrons. The molecule has 0 spiro atoms. The summed E-state index contributed by atoms with van der Waals surface area (Å²) in [5.41, 5.74) is 0.686. The van der Waals surface area contributed by atoms with Gasteiger partial charge in [-0.2, -0.15) is 0 Å². The van der Waals surface area contributed by atoms with Crippen LogP contribution in [0.3, 0.4) is 0 Å². The third-order valence-electron chi connectivity index (χ3n) is 4.15. The Bertz CT molecular complexity index is 890. The Morgan fingerprint density at radius 1 is 1.38 bits per heavy atom. The summed E-state index contributed by atoms with van der Waals surface area (Å²) in [6.07, 6.45) is 1.99. The highest BCUT2D eigenvalue weighted by Crippen LogP contribution is 2.30. The Balaban J connectivity index is 1.65. The van der Waals surface area contributed by atoms with E-state index in [1.807, 2.05) is 17.5 Å². The zero-order valence-corrected chi connectivity index (χ0v) is 14.4. The monoisotopic (exact) mass is 345 g/mol. The molecule has 1 aliphatic rings. The van der Waals surface area contributed by atoms with Crippen LogP contribution in [0.2, 0.25) is 0 Å². The minimum atomic E-state index is -0.114. The van der Waals surface area contributed by atoms with Crippen molar-refractivity contribution in [2.24, 2.45) is 0 Å². The van der Waals surface area contributed by atoms with Crippen LogP contribution in [0.15, 0.2) is 33.0 Å². The second kappa shape index (κ2) is 6.16. The van der Waals surface area contributed by atoms with E-state index >= 15 is 0 Å². The number of morpholine rings is 1. The zero-order valence-electron chi connectivity index (χ0n) is 13.6. The first-order valence-corrected chi connectivity index (χ1v) is 8.90. The molecule has 3 aromatic heterocycles. The van der Waals surface area contributed by atoms with Crippen LogP contribution >= 0.6 is 11.3 Å². The molecule has 1 fully saturated rings. The Hall–Kier alpha value is -1.96. The molecule has 0 bridgehead atoms. The summed E-state index contributed by atoms with van der Waals surface area (Å²) in [7, 11) is 0. The smallest absolute Gasteiger partial charge is 0.260 e. The molecule has 0 aromatic carbocycles. The van der Waals surface area contributed by atoms with E-state index in [1.54, 1.807) is 6.26 Å². The molecule has 4 heterocycles. The number of H-pyrrole nitrogens is 1. The third-order valence-corrected chi connectivity index (χ3v) is 5.02. The highest BCUT2D eigenvalue weighted by atomic mass is 32.1. The summed E-state index contributed by atoms with van der Waals surface area (Å²) in [6.45, 7) is 6.44. The van der Waals surface area contributed by atoms with Gasteiger partial charge in [-0.1, -0.05) is 0 Å². The molecule has 0 saturated carbocycles. The zero-order chi connectivity index (χ0) is 16.7. The number of thiophene rings is 1. The summed E-state index contributed by atoms with van der Waals surface area (Å²) < 4.78 is 11.2. The first-order valence-electron chi connectivity index (χ1n) is 8.02. The maximum Gasteiger partial charge on any atom is 0.260 e. The quantitative estimate of drug-likeness (QED) is 0.790. The lowest BCUT2D eigenvalue weighted by atomic mass is 10.2. The van der Waals surface area contributed by atoms with Crippen LogP contribution in [0.25, 0.3) is 21.5 Å². The van der Waals surface area contributed by atoms with Crippen molar-refractivity contribution in [2.75, 3.05) is 13.1 Å². The molecular weight excluding hydrogens is 326 g/mol. The second-order valence-corrected chi connectivity index (χ2v) is 7.13. The van der Waals surface area contributed by atoms with Crippen molar-refractivity contribution in [2.45, 2.75) is 32.6 Å². The molecule has 4 rings (SSSR count). The summed E-state index contributed by atoms with van der Waals surface area (Å²) in [4.78, 5) is 23.2. The number of aromatic nitrogens is 2. The molecular formula is C17H19N3O3S. The standard InChI is InChI=1S/C17H19N3O3S/c1-10-6-20(7-11(2)23-10)8-14-18-16(21)15-12(9-24-17(15)19-14)13-4-3-5-22-13/h3-5,9-11H,6-8H2,1-2H3,(H,18,19,21). The lowest BCUT2D eigenvalue weighted by Crippen LogP contribution is -2.45. The van der Waals surface area contributed by atoms with Crippen molar-refractivity contribution in [3.63, 3.8) is 0 Å². The van der Waals surface area contributed by atoms with Gasteiger partial charge in [-0.15, -0.1) is 11.3 Å². The van der Waals surface area contributed by atoms with Gasteiger partial charge in [0.2, 0.25) is 0 Å². The van der Waals surface area contributed by atoms with E-state index in [-0.39, 0.29) is 17.8 Å². The summed E-state index contributed by atoms with van der Waals surface area (Å²) in [5, 5.41) is 2.52. The van der Waals surface area contributed by atoms with Gasteiger partial charge in [-0.05, 0) is 26.0 Å². The normalized spacial score (nSPS) is 22.2. The van der Waals surface area contributed by atoms with Gasteiger partial charge in [0.1, 0.15) is 16.4 Å². The minimum absolute atomic E-state index is 0.114. The third kappa shape index (κ3) is 2.90. The molecule has 6 nitrogen and oxygen atoms in total. The van der Waals surface area contributed by atoms with E-state index in [0.29, 0.717) is 23.5 Å². The number of furan rings is 1. The van der Waals surface area contributed by atoms with Crippen molar-refractivity contribution in [1.82, 2.24) is 14.9 Å². The van der Waals surface area contributed by atoms with Gasteiger partial charge < -0.3 is 14.1 Å². The highest BCUT2D eigenvalue weighted by Gasteiger charge is 2.23. The summed E-state index contributed by atoms with van der Waals surface area (Å²) in [6, 6.07) is 3.67. The molecule has 0 amide bonds. The number of ether oxygens (including phenoxy) is 1. The number of rotatable bonds is 3. The number of nitrogens with zero attached hydrogens (tertiary/aromatic N) is 2. The molecule has 1 aliphatic heterocycles. The minimum Gasteiger partial charge on any atom is -0.464 e. The van der Waals surface area contributed by atoms with E-state index in [2.05, 4.69) is 28.7 Å². The molecule has 7 heteroatoms. The van der Waals surface area contributed by atoms with E-state index < -0.39 is 0 Å². The first-order chi connectivity index (χ1) is 11.6. The summed E-state index contributed by atoms with van der Waals surface area (Å²) in [5.74, 6) is 1.39. The topological polar surface area (TPSA) is 71.4 Å². The number of aromatic amines is 1. The van der Waals surface area contributed by atoms with Crippen LogP contribution < -0.4 is 5.56 Å². The molecule has 1 saturated heterocycles. The van der Waals surface area contributed by atoms with Crippen LogP contribution in [-0.2, 0) is 11.3 Å². The van der Waals surface area contributed by atoms with Gasteiger partial charge >= 0.3 is 0 Å². The van der Waals surface area contributed by atoms with Crippen LogP contribution in [0.5, 0.6) is 0 Å². The van der Waals surface area contributed by atoms with Crippen LogP contribution in [0.4, 0.5) is 0 Å². The Morgan fingerprint density at radius 2 is 2.17 bits per heavy atom. The Morgan fingerprint density at radius 3 is 2.88 bits per heavy atom. The van der Waals surface area contributed by atoms with E-state index in [4.69, 9.17) is 9.15 Å². The predicted octanol–water partition coefficient (Wildman–Crippen LogP) is 2.85. The molecule has 1 N–H and O–H groups in total. The van der Waals surface area contributed by atoms with Crippen LogP contribution in [-0.4, -0.2) is 40.2 Å². The van der Waals surface area contributed by atoms with Crippen molar-refractivity contribution < 1.29 is 9.15 Å². The van der Waals surface area contributed by atoms with Gasteiger partial charge in [0.25, 0.3) is 5.56 Å². The van der Waals surface area contributed by atoms with E-state index in [9.17, 15) is 4.79 Å². The van der Waals surface area contributed by atoms with Gasteiger partial charge in [0, 0.05) is 24.0 Å². The maximum absolute atomic E-state index is 12.6. The maximum atomic E-state index is 12.6. The lowest BCUT2D eigenvalue weighted by Gasteiger charge is -2.34. The SMILES string of the molecule is CC1CN(Cc2nc3scc(-c4ccco4)c3c(=O)[nH]2)CC(C)O1. The van der Waals surface area contributed by atoms with E-state index in [1.165, 1.54) is 11.3 Å². The largest absolute Gasteiger partial charge is 0.464 e. The number of hydrogen-bond acceptors (Lipinski definition) is 6. The molecule has 2 atom stereocenters. The predicted molar refractivity (Wildman–Crippen MR) is 93.2 cm³/mol. The fourth-order valence-electron chi connectivity index (χ4n) is 3.31.